The maximum Gasteiger partial charge on any atom is 0.157 e. The molecule has 0 saturated carbocycles. The van der Waals surface area contributed by atoms with E-state index in [-0.39, 0.29) is 0 Å². The van der Waals surface area contributed by atoms with Crippen molar-refractivity contribution in [3.8, 4) is 17.1 Å². The van der Waals surface area contributed by atoms with Crippen molar-refractivity contribution < 1.29 is 0 Å². The van der Waals surface area contributed by atoms with Gasteiger partial charge in [-0.1, -0.05) is 23.7 Å². The molecule has 2 heterocycles. The largest absolute Gasteiger partial charge is 0.236 e. The van der Waals surface area contributed by atoms with E-state index in [9.17, 15) is 0 Å². The molecule has 5 heteroatoms. The van der Waals surface area contributed by atoms with Crippen molar-refractivity contribution in [1.82, 2.24) is 19.7 Å². The quantitative estimate of drug-likeness (QED) is 0.708. The summed E-state index contributed by atoms with van der Waals surface area (Å²) < 4.78 is 1.69. The molecule has 0 amide bonds. The Hall–Kier alpha value is -2.20. The highest BCUT2D eigenvalue weighted by Crippen LogP contribution is 2.21. The van der Waals surface area contributed by atoms with Gasteiger partial charge in [0.15, 0.2) is 5.82 Å². The molecule has 3 rings (SSSR count). The number of hydrogen-bond donors (Lipinski definition) is 0. The molecule has 0 bridgehead atoms. The molecule has 0 aliphatic rings. The molecule has 0 spiro atoms. The predicted octanol–water partition coefficient (Wildman–Crippen LogP) is 2.98. The van der Waals surface area contributed by atoms with Crippen LogP contribution in [0.4, 0.5) is 0 Å². The fourth-order valence-corrected chi connectivity index (χ4v) is 1.87. The lowest BCUT2D eigenvalue weighted by atomic mass is 10.1. The lowest BCUT2D eigenvalue weighted by molar-refractivity contribution is 0.840. The van der Waals surface area contributed by atoms with Crippen LogP contribution in [0.1, 0.15) is 0 Å². The minimum absolute atomic E-state index is 0.687. The van der Waals surface area contributed by atoms with Crippen LogP contribution in [0.3, 0.4) is 0 Å². The van der Waals surface area contributed by atoms with Crippen LogP contribution in [0.2, 0.25) is 5.02 Å². The van der Waals surface area contributed by atoms with E-state index in [0.717, 1.165) is 17.1 Å². The van der Waals surface area contributed by atoms with Gasteiger partial charge in [0.1, 0.15) is 6.33 Å². The van der Waals surface area contributed by atoms with E-state index in [0.29, 0.717) is 5.02 Å². The van der Waals surface area contributed by atoms with E-state index in [4.69, 9.17) is 11.6 Å². The molecular formula is C13H9ClN4. The molecule has 1 aromatic carbocycles. The van der Waals surface area contributed by atoms with Gasteiger partial charge in [0.2, 0.25) is 0 Å². The fraction of sp³-hybridized carbons (Fsp3) is 0. The van der Waals surface area contributed by atoms with Crippen LogP contribution in [0, 0.1) is 0 Å². The van der Waals surface area contributed by atoms with E-state index < -0.39 is 0 Å². The minimum Gasteiger partial charge on any atom is -0.236 e. The van der Waals surface area contributed by atoms with Crippen LogP contribution < -0.4 is 0 Å². The monoisotopic (exact) mass is 256 g/mol. The Morgan fingerprint density at radius 1 is 1.06 bits per heavy atom. The Labute approximate surface area is 109 Å². The maximum atomic E-state index is 5.97. The zero-order chi connectivity index (χ0) is 12.4. The van der Waals surface area contributed by atoms with Gasteiger partial charge >= 0.3 is 0 Å². The summed E-state index contributed by atoms with van der Waals surface area (Å²) in [6, 6.07) is 11.3. The van der Waals surface area contributed by atoms with Gasteiger partial charge in [-0.15, -0.1) is 0 Å². The zero-order valence-corrected chi connectivity index (χ0v) is 10.1. The number of aromatic nitrogens is 4. The Bertz CT molecular complexity index is 664. The van der Waals surface area contributed by atoms with Crippen molar-refractivity contribution in [2.45, 2.75) is 0 Å². The van der Waals surface area contributed by atoms with Crippen LogP contribution in [-0.4, -0.2) is 19.7 Å². The summed E-state index contributed by atoms with van der Waals surface area (Å²) >= 11 is 5.97. The highest BCUT2D eigenvalue weighted by Gasteiger charge is 2.04. The molecule has 0 unspecified atom stereocenters. The molecule has 0 radical (unpaired) electrons. The van der Waals surface area contributed by atoms with Crippen molar-refractivity contribution in [1.29, 1.82) is 0 Å². The Morgan fingerprint density at radius 3 is 2.78 bits per heavy atom. The number of hydrogen-bond acceptors (Lipinski definition) is 3. The Kier molecular flexibility index (Phi) is 2.78. The smallest absolute Gasteiger partial charge is 0.157 e. The van der Waals surface area contributed by atoms with Crippen LogP contribution in [-0.2, 0) is 0 Å². The molecule has 2 aromatic heterocycles. The molecular weight excluding hydrogens is 248 g/mol. The topological polar surface area (TPSA) is 43.6 Å². The summed E-state index contributed by atoms with van der Waals surface area (Å²) in [7, 11) is 0. The van der Waals surface area contributed by atoms with E-state index in [1.807, 2.05) is 42.6 Å². The normalized spacial score (nSPS) is 10.5. The first kappa shape index (κ1) is 10.9. The maximum absolute atomic E-state index is 5.97. The van der Waals surface area contributed by atoms with Gasteiger partial charge in [-0.05, 0) is 18.2 Å². The van der Waals surface area contributed by atoms with Gasteiger partial charge in [0.25, 0.3) is 0 Å². The van der Waals surface area contributed by atoms with Crippen LogP contribution >= 0.6 is 11.6 Å². The Morgan fingerprint density at radius 2 is 2.00 bits per heavy atom. The summed E-state index contributed by atoms with van der Waals surface area (Å²) in [5, 5.41) is 4.83. The second-order valence-corrected chi connectivity index (χ2v) is 4.16. The van der Waals surface area contributed by atoms with E-state index >= 15 is 0 Å². The van der Waals surface area contributed by atoms with Crippen molar-refractivity contribution >= 4 is 11.6 Å². The summed E-state index contributed by atoms with van der Waals surface area (Å²) in [5.74, 6) is 0.727. The van der Waals surface area contributed by atoms with Gasteiger partial charge in [-0.25, -0.2) is 14.6 Å². The third-order valence-corrected chi connectivity index (χ3v) is 2.75. The van der Waals surface area contributed by atoms with Crippen LogP contribution in [0.5, 0.6) is 0 Å². The molecule has 0 saturated heterocycles. The van der Waals surface area contributed by atoms with E-state index in [1.165, 1.54) is 6.33 Å². The zero-order valence-electron chi connectivity index (χ0n) is 9.36. The standard InChI is InChI=1S/C13H9ClN4/c14-11-4-1-3-10(7-11)12-8-13(16-9-15-12)18-6-2-5-17-18/h1-9H. The molecule has 0 aliphatic heterocycles. The fourth-order valence-electron chi connectivity index (χ4n) is 1.68. The van der Waals surface area contributed by atoms with Gasteiger partial charge in [0.05, 0.1) is 5.69 Å². The van der Waals surface area contributed by atoms with Gasteiger partial charge in [0, 0.05) is 29.0 Å². The van der Waals surface area contributed by atoms with Gasteiger partial charge in [-0.2, -0.15) is 5.10 Å². The van der Waals surface area contributed by atoms with Crippen molar-refractivity contribution in [3.63, 3.8) is 0 Å². The van der Waals surface area contributed by atoms with Crippen molar-refractivity contribution in [2.24, 2.45) is 0 Å². The highest BCUT2D eigenvalue weighted by molar-refractivity contribution is 6.30. The first-order valence-electron chi connectivity index (χ1n) is 5.41. The number of nitrogens with zero attached hydrogens (tertiary/aromatic N) is 4. The van der Waals surface area contributed by atoms with E-state index in [1.54, 1.807) is 10.9 Å². The lowest BCUT2D eigenvalue weighted by Gasteiger charge is -2.04. The van der Waals surface area contributed by atoms with E-state index in [2.05, 4.69) is 15.1 Å². The number of halogens is 1. The van der Waals surface area contributed by atoms with Crippen LogP contribution in [0.15, 0.2) is 55.1 Å². The molecule has 3 aromatic rings. The summed E-state index contributed by atoms with van der Waals surface area (Å²) in [4.78, 5) is 8.44. The van der Waals surface area contributed by atoms with Gasteiger partial charge < -0.3 is 0 Å². The second-order valence-electron chi connectivity index (χ2n) is 3.72. The first-order chi connectivity index (χ1) is 8.83. The molecule has 0 fully saturated rings. The average Bonchev–Trinajstić information content (AvgIpc) is 2.93. The van der Waals surface area contributed by atoms with Crippen molar-refractivity contribution in [3.05, 3.63) is 60.1 Å². The second kappa shape index (κ2) is 4.58. The van der Waals surface area contributed by atoms with Crippen LogP contribution in [0.25, 0.3) is 17.1 Å². The average molecular weight is 257 g/mol. The highest BCUT2D eigenvalue weighted by atomic mass is 35.5. The first-order valence-corrected chi connectivity index (χ1v) is 5.79. The number of benzene rings is 1. The van der Waals surface area contributed by atoms with Crippen molar-refractivity contribution in [2.75, 3.05) is 0 Å². The number of rotatable bonds is 2. The molecule has 0 N–H and O–H groups in total. The molecule has 4 nitrogen and oxygen atoms in total. The lowest BCUT2D eigenvalue weighted by Crippen LogP contribution is -1.99. The van der Waals surface area contributed by atoms with Gasteiger partial charge in [-0.3, -0.25) is 0 Å². The third-order valence-electron chi connectivity index (χ3n) is 2.51. The predicted molar refractivity (Wildman–Crippen MR) is 69.6 cm³/mol. The summed E-state index contributed by atoms with van der Waals surface area (Å²) in [5.41, 5.74) is 1.77. The molecule has 0 atom stereocenters. The molecule has 0 aliphatic carbocycles. The third kappa shape index (κ3) is 2.10. The molecule has 18 heavy (non-hydrogen) atoms. The summed E-state index contributed by atoms with van der Waals surface area (Å²) in [6.45, 7) is 0. The summed E-state index contributed by atoms with van der Waals surface area (Å²) in [6.07, 6.45) is 5.07. The Balaban J connectivity index is 2.06. The minimum atomic E-state index is 0.687. The molecule has 88 valence electrons. The SMILES string of the molecule is Clc1cccc(-c2cc(-n3cccn3)ncn2)c1.